The number of esters is 1. The minimum absolute atomic E-state index is 0.0298. The van der Waals surface area contributed by atoms with Crippen LogP contribution in [-0.4, -0.2) is 75.1 Å². The van der Waals surface area contributed by atoms with Gasteiger partial charge >= 0.3 is 5.97 Å². The Bertz CT molecular complexity index is 970. The van der Waals surface area contributed by atoms with Crippen LogP contribution in [0.5, 0.6) is 17.2 Å². The molecule has 6 atom stereocenters. The molecular formula is C26H37NO8. The summed E-state index contributed by atoms with van der Waals surface area (Å²) in [7, 11) is 4.57. The summed E-state index contributed by atoms with van der Waals surface area (Å²) >= 11 is 0. The standard InChI is InChI=1S/C26H37NO8/c1-15(2)7-8-20-25(3,35-20)24-23(32-6)18(9-10-26(24)14-33-26)34-21(29)13-27-16-11-17(28)22(31-5)19(12-16)30-4/h7,11-12,18,20,23-24,27-28H,8-10,13-14H2,1-6H3. The normalized spacial score (nSPS) is 33.1. The van der Waals surface area contributed by atoms with Gasteiger partial charge in [0.25, 0.3) is 0 Å². The molecular weight excluding hydrogens is 454 g/mol. The summed E-state index contributed by atoms with van der Waals surface area (Å²) in [5.74, 6) is 0.0469. The van der Waals surface area contributed by atoms with Gasteiger partial charge in [0.2, 0.25) is 5.75 Å². The van der Waals surface area contributed by atoms with Crippen LogP contribution in [0.15, 0.2) is 23.8 Å². The van der Waals surface area contributed by atoms with Crippen LogP contribution in [0.25, 0.3) is 0 Å². The highest BCUT2D eigenvalue weighted by Gasteiger charge is 2.72. The first-order valence-electron chi connectivity index (χ1n) is 12.0. The number of ether oxygens (including phenoxy) is 6. The number of rotatable bonds is 10. The number of hydrogen-bond donors (Lipinski definition) is 2. The van der Waals surface area contributed by atoms with Crippen LogP contribution < -0.4 is 14.8 Å². The van der Waals surface area contributed by atoms with Crippen LogP contribution in [0, 0.1) is 5.92 Å². The number of hydrogen-bond acceptors (Lipinski definition) is 9. The molecule has 2 aliphatic heterocycles. The van der Waals surface area contributed by atoms with E-state index >= 15 is 0 Å². The Balaban J connectivity index is 1.41. The van der Waals surface area contributed by atoms with Gasteiger partial charge in [0.15, 0.2) is 11.5 Å². The first-order valence-corrected chi connectivity index (χ1v) is 12.0. The molecule has 0 aromatic heterocycles. The van der Waals surface area contributed by atoms with Gasteiger partial charge in [-0.15, -0.1) is 0 Å². The zero-order valence-electron chi connectivity index (χ0n) is 21.4. The Kier molecular flexibility index (Phi) is 7.22. The number of carbonyl (C=O) groups excluding carboxylic acids is 1. The Morgan fingerprint density at radius 2 is 2.00 bits per heavy atom. The van der Waals surface area contributed by atoms with E-state index in [1.165, 1.54) is 25.9 Å². The van der Waals surface area contributed by atoms with Gasteiger partial charge in [-0.1, -0.05) is 11.6 Å². The molecule has 2 N–H and O–H groups in total. The van der Waals surface area contributed by atoms with E-state index in [9.17, 15) is 9.90 Å². The number of phenolic OH excluding ortho intramolecular Hbond substituents is 1. The molecule has 2 heterocycles. The maximum absolute atomic E-state index is 12.8. The van der Waals surface area contributed by atoms with Crippen LogP contribution >= 0.6 is 0 Å². The number of carbonyl (C=O) groups is 1. The number of methoxy groups -OCH3 is 3. The van der Waals surface area contributed by atoms with Crippen molar-refractivity contribution in [2.45, 2.75) is 69.5 Å². The summed E-state index contributed by atoms with van der Waals surface area (Å²) in [5.41, 5.74) is 1.11. The number of nitrogens with one attached hydrogen (secondary N) is 1. The molecule has 0 radical (unpaired) electrons. The maximum atomic E-state index is 12.8. The average molecular weight is 492 g/mol. The number of anilines is 1. The van der Waals surface area contributed by atoms with E-state index < -0.39 is 12.1 Å². The molecule has 1 saturated carbocycles. The maximum Gasteiger partial charge on any atom is 0.325 e. The van der Waals surface area contributed by atoms with E-state index in [2.05, 4.69) is 32.2 Å². The molecule has 1 aromatic carbocycles. The predicted molar refractivity (Wildman–Crippen MR) is 129 cm³/mol. The fourth-order valence-electron chi connectivity index (χ4n) is 5.50. The van der Waals surface area contributed by atoms with E-state index in [-0.39, 0.29) is 47.4 Å². The van der Waals surface area contributed by atoms with Gasteiger partial charge < -0.3 is 38.8 Å². The predicted octanol–water partition coefficient (Wildman–Crippen LogP) is 3.44. The van der Waals surface area contributed by atoms with Gasteiger partial charge in [-0.3, -0.25) is 4.79 Å². The number of aromatic hydroxyl groups is 1. The Hall–Kier alpha value is -2.49. The molecule has 4 rings (SSSR count). The topological polar surface area (TPSA) is 111 Å². The largest absolute Gasteiger partial charge is 0.504 e. The van der Waals surface area contributed by atoms with E-state index in [4.69, 9.17) is 28.4 Å². The molecule has 194 valence electrons. The summed E-state index contributed by atoms with van der Waals surface area (Å²) in [4.78, 5) is 12.8. The summed E-state index contributed by atoms with van der Waals surface area (Å²) in [6, 6.07) is 3.11. The number of allylic oxidation sites excluding steroid dienone is 1. The molecule has 3 aliphatic rings. The minimum Gasteiger partial charge on any atom is -0.504 e. The summed E-state index contributed by atoms with van der Waals surface area (Å²) in [5, 5.41) is 13.1. The van der Waals surface area contributed by atoms with Crippen molar-refractivity contribution in [1.29, 1.82) is 0 Å². The molecule has 9 heteroatoms. The summed E-state index contributed by atoms with van der Waals surface area (Å²) in [6.07, 6.45) is 3.84. The molecule has 35 heavy (non-hydrogen) atoms. The van der Waals surface area contributed by atoms with Crippen LogP contribution in [0.1, 0.15) is 40.0 Å². The van der Waals surface area contributed by atoms with Crippen molar-refractivity contribution in [3.8, 4) is 17.2 Å². The molecule has 2 saturated heterocycles. The van der Waals surface area contributed by atoms with Crippen molar-refractivity contribution in [2.75, 3.05) is 39.8 Å². The monoisotopic (exact) mass is 491 g/mol. The quantitative estimate of drug-likeness (QED) is 0.289. The van der Waals surface area contributed by atoms with Crippen molar-refractivity contribution in [3.63, 3.8) is 0 Å². The van der Waals surface area contributed by atoms with Gasteiger partial charge in [-0.2, -0.15) is 0 Å². The Morgan fingerprint density at radius 1 is 1.26 bits per heavy atom. The second kappa shape index (κ2) is 9.87. The zero-order valence-corrected chi connectivity index (χ0v) is 21.4. The fraction of sp³-hybridized carbons (Fsp3) is 0.654. The third kappa shape index (κ3) is 5.08. The van der Waals surface area contributed by atoms with Crippen molar-refractivity contribution in [2.24, 2.45) is 5.92 Å². The third-order valence-electron chi connectivity index (χ3n) is 7.42. The van der Waals surface area contributed by atoms with E-state index in [0.717, 1.165) is 12.8 Å². The summed E-state index contributed by atoms with van der Waals surface area (Å²) < 4.78 is 34.4. The van der Waals surface area contributed by atoms with E-state index in [0.29, 0.717) is 24.5 Å². The van der Waals surface area contributed by atoms with Gasteiger partial charge in [0, 0.05) is 24.9 Å². The Labute approximate surface area is 206 Å². The molecule has 1 spiro atoms. The molecule has 1 aromatic rings. The lowest BCUT2D eigenvalue weighted by molar-refractivity contribution is -0.170. The second-order valence-electron chi connectivity index (χ2n) is 9.99. The molecule has 0 bridgehead atoms. The SMILES string of the molecule is COc1cc(NCC(=O)OC2CCC3(CO3)C(C3(C)OC3CC=C(C)C)C2OC)cc(O)c1OC. The lowest BCUT2D eigenvalue weighted by Gasteiger charge is -2.42. The third-order valence-corrected chi connectivity index (χ3v) is 7.42. The van der Waals surface area contributed by atoms with Gasteiger partial charge in [-0.25, -0.2) is 0 Å². The van der Waals surface area contributed by atoms with Gasteiger partial charge in [-0.05, 0) is 40.0 Å². The van der Waals surface area contributed by atoms with Crippen LogP contribution in [0.2, 0.25) is 0 Å². The zero-order chi connectivity index (χ0) is 25.4. The molecule has 9 nitrogen and oxygen atoms in total. The number of phenols is 1. The highest BCUT2D eigenvalue weighted by Crippen LogP contribution is 2.59. The molecule has 3 fully saturated rings. The first kappa shape index (κ1) is 25.6. The van der Waals surface area contributed by atoms with Crippen LogP contribution in [-0.2, 0) is 23.7 Å². The van der Waals surface area contributed by atoms with Crippen LogP contribution in [0.4, 0.5) is 5.69 Å². The lowest BCUT2D eigenvalue weighted by atomic mass is 9.68. The number of benzene rings is 1. The van der Waals surface area contributed by atoms with Crippen LogP contribution in [0.3, 0.4) is 0 Å². The minimum atomic E-state index is -0.416. The van der Waals surface area contributed by atoms with Crippen molar-refractivity contribution in [3.05, 3.63) is 23.8 Å². The Morgan fingerprint density at radius 3 is 2.60 bits per heavy atom. The van der Waals surface area contributed by atoms with Crippen molar-refractivity contribution in [1.82, 2.24) is 0 Å². The van der Waals surface area contributed by atoms with E-state index in [1.807, 2.05) is 0 Å². The van der Waals surface area contributed by atoms with Crippen molar-refractivity contribution >= 4 is 11.7 Å². The molecule has 6 unspecified atom stereocenters. The van der Waals surface area contributed by atoms with Gasteiger partial charge in [0.05, 0.1) is 32.8 Å². The molecule has 1 aliphatic carbocycles. The first-order chi connectivity index (χ1) is 16.7. The fourth-order valence-corrected chi connectivity index (χ4v) is 5.50. The average Bonchev–Trinajstić information content (AvgIpc) is 3.74. The summed E-state index contributed by atoms with van der Waals surface area (Å²) in [6.45, 7) is 6.88. The van der Waals surface area contributed by atoms with Gasteiger partial charge in [0.1, 0.15) is 30.0 Å². The highest BCUT2D eigenvalue weighted by atomic mass is 16.6. The van der Waals surface area contributed by atoms with E-state index in [1.54, 1.807) is 13.2 Å². The van der Waals surface area contributed by atoms with Crippen molar-refractivity contribution < 1.29 is 38.3 Å². The smallest absolute Gasteiger partial charge is 0.325 e. The highest BCUT2D eigenvalue weighted by molar-refractivity contribution is 5.76. The lowest BCUT2D eigenvalue weighted by Crippen LogP contribution is -2.55. The number of epoxide rings is 2. The molecule has 0 amide bonds. The second-order valence-corrected chi connectivity index (χ2v) is 9.99.